The number of sulfonamides is 1. The fraction of sp³-hybridized carbons (Fsp3) is 0.500. The number of nitrogens with two attached hydrogens (primary N) is 1. The SMILES string of the molecule is CCOC(C)(C)CNc1ccc(S(N)(=O)=O)cc1. The first-order valence-electron chi connectivity index (χ1n) is 5.75. The zero-order valence-electron chi connectivity index (χ0n) is 10.9. The van der Waals surface area contributed by atoms with Gasteiger partial charge in [0.05, 0.1) is 10.5 Å². The highest BCUT2D eigenvalue weighted by Crippen LogP contribution is 2.15. The molecule has 0 amide bonds. The van der Waals surface area contributed by atoms with Gasteiger partial charge in [0.1, 0.15) is 0 Å². The van der Waals surface area contributed by atoms with Gasteiger partial charge in [0.25, 0.3) is 0 Å². The lowest BCUT2D eigenvalue weighted by Crippen LogP contribution is -2.33. The summed E-state index contributed by atoms with van der Waals surface area (Å²) in [5.74, 6) is 0. The molecule has 102 valence electrons. The second-order valence-corrected chi connectivity index (χ2v) is 6.18. The summed E-state index contributed by atoms with van der Waals surface area (Å²) in [6, 6.07) is 6.32. The zero-order chi connectivity index (χ0) is 13.8. The van der Waals surface area contributed by atoms with Gasteiger partial charge in [0.2, 0.25) is 10.0 Å². The van der Waals surface area contributed by atoms with E-state index in [1.165, 1.54) is 12.1 Å². The number of rotatable bonds is 6. The molecule has 1 aromatic rings. The van der Waals surface area contributed by atoms with Crippen molar-refractivity contribution in [3.05, 3.63) is 24.3 Å². The van der Waals surface area contributed by atoms with Crippen molar-refractivity contribution in [3.8, 4) is 0 Å². The Morgan fingerprint density at radius 2 is 1.83 bits per heavy atom. The van der Waals surface area contributed by atoms with Crippen molar-refractivity contribution in [1.29, 1.82) is 0 Å². The minimum Gasteiger partial charge on any atom is -0.382 e. The highest BCUT2D eigenvalue weighted by Gasteiger charge is 2.17. The van der Waals surface area contributed by atoms with E-state index in [4.69, 9.17) is 9.88 Å². The van der Waals surface area contributed by atoms with Gasteiger partial charge in [-0.15, -0.1) is 0 Å². The summed E-state index contributed by atoms with van der Waals surface area (Å²) >= 11 is 0. The van der Waals surface area contributed by atoms with Gasteiger partial charge in [0.15, 0.2) is 0 Å². The van der Waals surface area contributed by atoms with Crippen LogP contribution in [0.1, 0.15) is 20.8 Å². The molecule has 0 aliphatic heterocycles. The lowest BCUT2D eigenvalue weighted by molar-refractivity contribution is 0.000697. The molecule has 0 aliphatic rings. The molecular formula is C12H20N2O3S. The maximum absolute atomic E-state index is 11.1. The van der Waals surface area contributed by atoms with Crippen LogP contribution in [0, 0.1) is 0 Å². The van der Waals surface area contributed by atoms with E-state index in [0.29, 0.717) is 13.2 Å². The Hall–Kier alpha value is -1.11. The van der Waals surface area contributed by atoms with Crippen LogP contribution in [-0.2, 0) is 14.8 Å². The lowest BCUT2D eigenvalue weighted by atomic mass is 10.1. The Morgan fingerprint density at radius 3 is 2.28 bits per heavy atom. The molecule has 0 heterocycles. The van der Waals surface area contributed by atoms with E-state index in [9.17, 15) is 8.42 Å². The molecule has 0 aromatic heterocycles. The van der Waals surface area contributed by atoms with Gasteiger partial charge < -0.3 is 10.1 Å². The van der Waals surface area contributed by atoms with Crippen LogP contribution in [0.3, 0.4) is 0 Å². The predicted molar refractivity (Wildman–Crippen MR) is 72.0 cm³/mol. The summed E-state index contributed by atoms with van der Waals surface area (Å²) in [5, 5.41) is 8.21. The second kappa shape index (κ2) is 5.69. The van der Waals surface area contributed by atoms with Gasteiger partial charge in [-0.3, -0.25) is 0 Å². The van der Waals surface area contributed by atoms with E-state index in [1.807, 2.05) is 20.8 Å². The first kappa shape index (κ1) is 14.9. The van der Waals surface area contributed by atoms with Crippen molar-refractivity contribution in [2.24, 2.45) is 5.14 Å². The largest absolute Gasteiger partial charge is 0.382 e. The number of benzene rings is 1. The maximum atomic E-state index is 11.1. The summed E-state index contributed by atoms with van der Waals surface area (Å²) in [6.45, 7) is 7.21. The standard InChI is InChI=1S/C12H20N2O3S/c1-4-17-12(2,3)9-14-10-5-7-11(8-6-10)18(13,15)16/h5-8,14H,4,9H2,1-3H3,(H2,13,15,16). The molecule has 0 saturated heterocycles. The Bertz CT molecular complexity index is 481. The molecule has 0 bridgehead atoms. The Morgan fingerprint density at radius 1 is 1.28 bits per heavy atom. The minimum atomic E-state index is -3.62. The molecule has 18 heavy (non-hydrogen) atoms. The van der Waals surface area contributed by atoms with E-state index in [1.54, 1.807) is 12.1 Å². The summed E-state index contributed by atoms with van der Waals surface area (Å²) < 4.78 is 27.7. The molecule has 0 aliphatic carbocycles. The third kappa shape index (κ3) is 4.64. The van der Waals surface area contributed by atoms with Crippen LogP contribution in [0.25, 0.3) is 0 Å². The van der Waals surface area contributed by atoms with Crippen molar-refractivity contribution in [3.63, 3.8) is 0 Å². The zero-order valence-corrected chi connectivity index (χ0v) is 11.8. The van der Waals surface area contributed by atoms with Crippen molar-refractivity contribution in [1.82, 2.24) is 0 Å². The molecule has 0 unspecified atom stereocenters. The Labute approximate surface area is 108 Å². The number of primary sulfonamides is 1. The molecule has 0 fully saturated rings. The summed E-state index contributed by atoms with van der Waals surface area (Å²) in [7, 11) is -3.62. The van der Waals surface area contributed by atoms with Crippen molar-refractivity contribution >= 4 is 15.7 Å². The normalized spacial score (nSPS) is 12.4. The number of nitrogens with one attached hydrogen (secondary N) is 1. The van der Waals surface area contributed by atoms with Crippen molar-refractivity contribution in [2.45, 2.75) is 31.3 Å². The van der Waals surface area contributed by atoms with E-state index in [-0.39, 0.29) is 10.5 Å². The van der Waals surface area contributed by atoms with Crippen LogP contribution in [0.15, 0.2) is 29.2 Å². The van der Waals surface area contributed by atoms with E-state index in [0.717, 1.165) is 5.69 Å². The van der Waals surface area contributed by atoms with E-state index < -0.39 is 10.0 Å². The van der Waals surface area contributed by atoms with Gasteiger partial charge in [-0.25, -0.2) is 13.6 Å². The monoisotopic (exact) mass is 272 g/mol. The highest BCUT2D eigenvalue weighted by atomic mass is 32.2. The molecule has 3 N–H and O–H groups in total. The number of ether oxygens (including phenoxy) is 1. The van der Waals surface area contributed by atoms with Crippen LogP contribution >= 0.6 is 0 Å². The Kier molecular flexibility index (Phi) is 4.72. The topological polar surface area (TPSA) is 81.4 Å². The van der Waals surface area contributed by atoms with Crippen LogP contribution in [-0.4, -0.2) is 27.2 Å². The molecule has 6 heteroatoms. The van der Waals surface area contributed by atoms with Crippen LogP contribution in [0.5, 0.6) is 0 Å². The molecule has 0 spiro atoms. The quantitative estimate of drug-likeness (QED) is 0.823. The molecular weight excluding hydrogens is 252 g/mol. The first-order chi connectivity index (χ1) is 8.24. The highest BCUT2D eigenvalue weighted by molar-refractivity contribution is 7.89. The molecule has 1 rings (SSSR count). The number of hydrogen-bond donors (Lipinski definition) is 2. The first-order valence-corrected chi connectivity index (χ1v) is 7.30. The molecule has 0 saturated carbocycles. The van der Waals surface area contributed by atoms with Crippen LogP contribution in [0.2, 0.25) is 0 Å². The number of anilines is 1. The van der Waals surface area contributed by atoms with Gasteiger partial charge in [-0.2, -0.15) is 0 Å². The number of hydrogen-bond acceptors (Lipinski definition) is 4. The van der Waals surface area contributed by atoms with Crippen LogP contribution < -0.4 is 10.5 Å². The van der Waals surface area contributed by atoms with Gasteiger partial charge in [0, 0.05) is 18.8 Å². The van der Waals surface area contributed by atoms with Gasteiger partial charge in [-0.1, -0.05) is 0 Å². The fourth-order valence-corrected chi connectivity index (χ4v) is 2.03. The smallest absolute Gasteiger partial charge is 0.238 e. The average molecular weight is 272 g/mol. The van der Waals surface area contributed by atoms with E-state index in [2.05, 4.69) is 5.32 Å². The fourth-order valence-electron chi connectivity index (χ4n) is 1.52. The molecule has 0 radical (unpaired) electrons. The Balaban J connectivity index is 2.65. The average Bonchev–Trinajstić information content (AvgIpc) is 2.26. The molecule has 5 nitrogen and oxygen atoms in total. The molecule has 0 atom stereocenters. The van der Waals surface area contributed by atoms with E-state index >= 15 is 0 Å². The summed E-state index contributed by atoms with van der Waals surface area (Å²) in [4.78, 5) is 0.108. The maximum Gasteiger partial charge on any atom is 0.238 e. The lowest BCUT2D eigenvalue weighted by Gasteiger charge is -2.25. The van der Waals surface area contributed by atoms with Crippen LogP contribution in [0.4, 0.5) is 5.69 Å². The van der Waals surface area contributed by atoms with Gasteiger partial charge in [-0.05, 0) is 45.0 Å². The third-order valence-electron chi connectivity index (χ3n) is 2.44. The summed E-state index contributed by atoms with van der Waals surface area (Å²) in [6.07, 6.45) is 0. The molecule has 1 aromatic carbocycles. The second-order valence-electron chi connectivity index (χ2n) is 4.62. The predicted octanol–water partition coefficient (Wildman–Crippen LogP) is 1.56. The summed E-state index contributed by atoms with van der Waals surface area (Å²) in [5.41, 5.74) is 0.558. The van der Waals surface area contributed by atoms with Gasteiger partial charge >= 0.3 is 0 Å². The minimum absolute atomic E-state index is 0.108. The van der Waals surface area contributed by atoms with Crippen molar-refractivity contribution < 1.29 is 13.2 Å². The van der Waals surface area contributed by atoms with Crippen molar-refractivity contribution in [2.75, 3.05) is 18.5 Å². The third-order valence-corrected chi connectivity index (χ3v) is 3.37.